The van der Waals surface area contributed by atoms with Crippen molar-refractivity contribution in [3.63, 3.8) is 0 Å². The summed E-state index contributed by atoms with van der Waals surface area (Å²) in [7, 11) is 0. The summed E-state index contributed by atoms with van der Waals surface area (Å²) < 4.78 is 26.2. The monoisotopic (exact) mass is 240 g/mol. The second-order valence-electron chi connectivity index (χ2n) is 5.58. The van der Waals surface area contributed by atoms with Crippen molar-refractivity contribution in [2.45, 2.75) is 45.1 Å². The van der Waals surface area contributed by atoms with Crippen LogP contribution in [-0.2, 0) is 5.60 Å². The Labute approximate surface area is 100 Å². The highest BCUT2D eigenvalue weighted by Crippen LogP contribution is 2.50. The van der Waals surface area contributed by atoms with Gasteiger partial charge in [0.1, 0.15) is 0 Å². The van der Waals surface area contributed by atoms with Gasteiger partial charge in [-0.3, -0.25) is 0 Å². The average molecular weight is 240 g/mol. The van der Waals surface area contributed by atoms with Gasteiger partial charge in [0.05, 0.1) is 5.60 Å². The number of halogens is 2. The third kappa shape index (κ3) is 1.97. The van der Waals surface area contributed by atoms with Crippen LogP contribution in [0.2, 0.25) is 0 Å². The highest BCUT2D eigenvalue weighted by Gasteiger charge is 2.46. The number of benzene rings is 1. The van der Waals surface area contributed by atoms with Crippen LogP contribution in [0.15, 0.2) is 18.2 Å². The highest BCUT2D eigenvalue weighted by molar-refractivity contribution is 5.27. The normalized spacial score (nSPS) is 28.1. The molecule has 1 aliphatic carbocycles. The largest absolute Gasteiger partial charge is 0.385 e. The van der Waals surface area contributed by atoms with Gasteiger partial charge in [-0.15, -0.1) is 0 Å². The van der Waals surface area contributed by atoms with Gasteiger partial charge in [0, 0.05) is 0 Å². The molecule has 1 saturated carbocycles. The van der Waals surface area contributed by atoms with Crippen molar-refractivity contribution < 1.29 is 13.9 Å². The quantitative estimate of drug-likeness (QED) is 0.792. The fraction of sp³-hybridized carbons (Fsp3) is 0.571. The molecule has 1 nitrogen and oxygen atoms in total. The van der Waals surface area contributed by atoms with Gasteiger partial charge in [-0.2, -0.15) is 0 Å². The van der Waals surface area contributed by atoms with Crippen molar-refractivity contribution in [2.24, 2.45) is 5.41 Å². The smallest absolute Gasteiger partial charge is 0.159 e. The molecule has 1 N–H and O–H groups in total. The second-order valence-corrected chi connectivity index (χ2v) is 5.58. The lowest BCUT2D eigenvalue weighted by molar-refractivity contribution is -0.104. The van der Waals surface area contributed by atoms with Gasteiger partial charge < -0.3 is 5.11 Å². The zero-order chi connectivity index (χ0) is 12.7. The molecule has 0 bridgehead atoms. The van der Waals surface area contributed by atoms with Gasteiger partial charge in [0.2, 0.25) is 0 Å². The lowest BCUT2D eigenvalue weighted by atomic mass is 9.62. The number of rotatable bonds is 1. The standard InChI is InChI=1S/C14H18F2O/c1-13(2)7-3-4-8-14(13,17)10-5-6-11(15)12(16)9-10/h5-6,9,17H,3-4,7-8H2,1-2H3. The van der Waals surface area contributed by atoms with Crippen molar-refractivity contribution in [3.05, 3.63) is 35.4 Å². The van der Waals surface area contributed by atoms with Crippen LogP contribution in [0.3, 0.4) is 0 Å². The summed E-state index contributed by atoms with van der Waals surface area (Å²) in [6.07, 6.45) is 3.48. The molecule has 3 heteroatoms. The van der Waals surface area contributed by atoms with Gasteiger partial charge in [-0.1, -0.05) is 32.8 Å². The Hall–Kier alpha value is -0.960. The first-order chi connectivity index (χ1) is 7.87. The maximum Gasteiger partial charge on any atom is 0.159 e. The van der Waals surface area contributed by atoms with Crippen LogP contribution in [0.5, 0.6) is 0 Å². The molecule has 17 heavy (non-hydrogen) atoms. The van der Waals surface area contributed by atoms with Crippen molar-refractivity contribution in [1.82, 2.24) is 0 Å². The molecule has 94 valence electrons. The first-order valence-corrected chi connectivity index (χ1v) is 6.05. The minimum atomic E-state index is -1.06. The van der Waals surface area contributed by atoms with E-state index in [9.17, 15) is 13.9 Å². The second kappa shape index (κ2) is 4.05. The summed E-state index contributed by atoms with van der Waals surface area (Å²) >= 11 is 0. The molecule has 0 amide bonds. The Kier molecular flexibility index (Phi) is 2.98. The summed E-state index contributed by atoms with van der Waals surface area (Å²) in [5.74, 6) is -1.76. The predicted molar refractivity (Wildman–Crippen MR) is 62.5 cm³/mol. The van der Waals surface area contributed by atoms with Crippen LogP contribution in [0.1, 0.15) is 45.1 Å². The van der Waals surface area contributed by atoms with Crippen molar-refractivity contribution in [3.8, 4) is 0 Å². The summed E-state index contributed by atoms with van der Waals surface area (Å²) in [5, 5.41) is 10.8. The summed E-state index contributed by atoms with van der Waals surface area (Å²) in [5.41, 5.74) is -0.879. The van der Waals surface area contributed by atoms with E-state index in [4.69, 9.17) is 0 Å². The first kappa shape index (κ1) is 12.5. The minimum absolute atomic E-state index is 0.310. The topological polar surface area (TPSA) is 20.2 Å². The molecule has 0 spiro atoms. The zero-order valence-electron chi connectivity index (χ0n) is 10.3. The van der Waals surface area contributed by atoms with Crippen LogP contribution in [0.25, 0.3) is 0 Å². The van der Waals surface area contributed by atoms with E-state index in [1.54, 1.807) is 0 Å². The van der Waals surface area contributed by atoms with Gasteiger partial charge in [-0.25, -0.2) is 8.78 Å². The summed E-state index contributed by atoms with van der Waals surface area (Å²) in [4.78, 5) is 0. The Morgan fingerprint density at radius 2 is 1.71 bits per heavy atom. The molecule has 1 aliphatic rings. The van der Waals surface area contributed by atoms with Crippen LogP contribution in [0.4, 0.5) is 8.78 Å². The molecule has 1 atom stereocenters. The Morgan fingerprint density at radius 3 is 2.29 bits per heavy atom. The Bertz CT molecular complexity index is 428. The van der Waals surface area contributed by atoms with Gasteiger partial charge >= 0.3 is 0 Å². The van der Waals surface area contributed by atoms with Crippen LogP contribution >= 0.6 is 0 Å². The highest BCUT2D eigenvalue weighted by atomic mass is 19.2. The van der Waals surface area contributed by atoms with Crippen molar-refractivity contribution in [2.75, 3.05) is 0 Å². The van der Waals surface area contributed by atoms with E-state index >= 15 is 0 Å². The van der Waals surface area contributed by atoms with E-state index in [1.165, 1.54) is 6.07 Å². The van der Waals surface area contributed by atoms with Crippen LogP contribution in [-0.4, -0.2) is 5.11 Å². The van der Waals surface area contributed by atoms with Gasteiger partial charge in [0.25, 0.3) is 0 Å². The molecular formula is C14H18F2O. The fourth-order valence-electron chi connectivity index (χ4n) is 2.78. The van der Waals surface area contributed by atoms with Gasteiger partial charge in [0.15, 0.2) is 11.6 Å². The zero-order valence-corrected chi connectivity index (χ0v) is 10.3. The summed E-state index contributed by atoms with van der Waals surface area (Å²) in [6.45, 7) is 3.96. The molecular weight excluding hydrogens is 222 g/mol. The first-order valence-electron chi connectivity index (χ1n) is 6.05. The molecule has 0 saturated heterocycles. The third-order valence-electron chi connectivity index (χ3n) is 4.11. The molecule has 2 rings (SSSR count). The number of hydrogen-bond donors (Lipinski definition) is 1. The molecule has 0 aromatic heterocycles. The van der Waals surface area contributed by atoms with Crippen molar-refractivity contribution in [1.29, 1.82) is 0 Å². The third-order valence-corrected chi connectivity index (χ3v) is 4.11. The molecule has 1 aromatic rings. The molecule has 1 unspecified atom stereocenters. The Morgan fingerprint density at radius 1 is 1.06 bits per heavy atom. The predicted octanol–water partition coefficient (Wildman–Crippen LogP) is 3.75. The maximum atomic E-state index is 13.3. The molecule has 1 aromatic carbocycles. The number of hydrogen-bond acceptors (Lipinski definition) is 1. The molecule has 0 radical (unpaired) electrons. The van der Waals surface area contributed by atoms with E-state index < -0.39 is 17.2 Å². The van der Waals surface area contributed by atoms with E-state index in [1.807, 2.05) is 13.8 Å². The molecule has 1 fully saturated rings. The van der Waals surface area contributed by atoms with Crippen LogP contribution in [0, 0.1) is 17.0 Å². The lowest BCUT2D eigenvalue weighted by Gasteiger charge is -2.47. The fourth-order valence-corrected chi connectivity index (χ4v) is 2.78. The number of aliphatic hydroxyl groups is 1. The van der Waals surface area contributed by atoms with Crippen LogP contribution < -0.4 is 0 Å². The van der Waals surface area contributed by atoms with E-state index in [-0.39, 0.29) is 5.41 Å². The maximum absolute atomic E-state index is 13.3. The SMILES string of the molecule is CC1(C)CCCCC1(O)c1ccc(F)c(F)c1. The van der Waals surface area contributed by atoms with Crippen molar-refractivity contribution >= 4 is 0 Å². The van der Waals surface area contributed by atoms with E-state index in [0.717, 1.165) is 31.4 Å². The van der Waals surface area contributed by atoms with E-state index in [0.29, 0.717) is 12.0 Å². The van der Waals surface area contributed by atoms with Gasteiger partial charge in [-0.05, 0) is 36.0 Å². The Balaban J connectivity index is 2.45. The average Bonchev–Trinajstić information content (AvgIpc) is 2.26. The van der Waals surface area contributed by atoms with E-state index in [2.05, 4.69) is 0 Å². The summed E-state index contributed by atoms with van der Waals surface area (Å²) in [6, 6.07) is 3.71. The molecule has 0 aliphatic heterocycles. The molecule has 0 heterocycles. The lowest BCUT2D eigenvalue weighted by Crippen LogP contribution is -2.44. The minimum Gasteiger partial charge on any atom is -0.385 e.